The van der Waals surface area contributed by atoms with Crippen LogP contribution < -0.4 is 0 Å². The summed E-state index contributed by atoms with van der Waals surface area (Å²) in [6.07, 6.45) is 0.482. The number of fused-ring (bicyclic) bond motifs is 1. The van der Waals surface area contributed by atoms with Crippen LogP contribution in [0.3, 0.4) is 0 Å². The molecule has 1 aliphatic rings. The number of aryl methyl sites for hydroxylation is 1. The second-order valence-electron chi connectivity index (χ2n) is 5.79. The third-order valence-corrected chi connectivity index (χ3v) is 4.07. The van der Waals surface area contributed by atoms with Gasteiger partial charge in [0.2, 0.25) is 0 Å². The zero-order valence-electron chi connectivity index (χ0n) is 12.7. The number of nitrogens with zero attached hydrogens (tertiary/aromatic N) is 4. The number of aromatic nitrogens is 2. The van der Waals surface area contributed by atoms with Gasteiger partial charge >= 0.3 is 0 Å². The Kier molecular flexibility index (Phi) is 4.23. The summed E-state index contributed by atoms with van der Waals surface area (Å²) in [4.78, 5) is 2.34. The number of hydrogen-bond acceptors (Lipinski definition) is 4. The minimum absolute atomic E-state index is 0.535. The average molecular weight is 296 g/mol. The third kappa shape index (κ3) is 3.03. The maximum Gasteiger partial charge on any atom is 0.0995 e. The van der Waals surface area contributed by atoms with E-state index in [2.05, 4.69) is 16.1 Å². The monoisotopic (exact) mass is 296 g/mol. The molecule has 3 rings (SSSR count). The average Bonchev–Trinajstić information content (AvgIpc) is 2.82. The predicted molar refractivity (Wildman–Crippen MR) is 82.7 cm³/mol. The van der Waals surface area contributed by atoms with Crippen LogP contribution >= 0.6 is 0 Å². The minimum Gasteiger partial charge on any atom is -0.387 e. The van der Waals surface area contributed by atoms with E-state index in [9.17, 15) is 10.4 Å². The number of aliphatic hydroxyl groups excluding tert-OH is 1. The van der Waals surface area contributed by atoms with Gasteiger partial charge in [-0.05, 0) is 31.0 Å². The second kappa shape index (κ2) is 6.30. The van der Waals surface area contributed by atoms with Crippen molar-refractivity contribution in [1.82, 2.24) is 14.7 Å². The van der Waals surface area contributed by atoms with Crippen LogP contribution in [-0.2, 0) is 19.6 Å². The minimum atomic E-state index is -0.535. The van der Waals surface area contributed by atoms with Crippen molar-refractivity contribution in [3.63, 3.8) is 0 Å². The lowest BCUT2D eigenvalue weighted by Gasteiger charge is -2.20. The summed E-state index contributed by atoms with van der Waals surface area (Å²) >= 11 is 0. The van der Waals surface area contributed by atoms with Gasteiger partial charge in [0, 0.05) is 26.2 Å². The van der Waals surface area contributed by atoms with E-state index in [4.69, 9.17) is 0 Å². The first-order chi connectivity index (χ1) is 10.7. The normalized spacial score (nSPS) is 16.6. The molecule has 1 aliphatic heterocycles. The smallest absolute Gasteiger partial charge is 0.0995 e. The van der Waals surface area contributed by atoms with Gasteiger partial charge in [0.1, 0.15) is 0 Å². The van der Waals surface area contributed by atoms with Crippen LogP contribution in [0.1, 0.15) is 42.0 Å². The Morgan fingerprint density at radius 1 is 1.36 bits per heavy atom. The largest absolute Gasteiger partial charge is 0.387 e. The van der Waals surface area contributed by atoms with E-state index in [0.717, 1.165) is 55.1 Å². The molecule has 0 aliphatic carbocycles. The van der Waals surface area contributed by atoms with E-state index < -0.39 is 6.10 Å². The Balaban J connectivity index is 1.79. The van der Waals surface area contributed by atoms with Gasteiger partial charge < -0.3 is 5.11 Å². The molecular weight excluding hydrogens is 276 g/mol. The maximum atomic E-state index is 9.69. The first-order valence-electron chi connectivity index (χ1n) is 7.62. The fourth-order valence-electron chi connectivity index (χ4n) is 2.90. The molecule has 1 atom stereocenters. The van der Waals surface area contributed by atoms with Crippen molar-refractivity contribution in [3.8, 4) is 6.07 Å². The Morgan fingerprint density at radius 2 is 2.18 bits per heavy atom. The van der Waals surface area contributed by atoms with Crippen molar-refractivity contribution in [2.24, 2.45) is 0 Å². The van der Waals surface area contributed by atoms with Gasteiger partial charge in [-0.2, -0.15) is 10.4 Å². The molecule has 0 fully saturated rings. The van der Waals surface area contributed by atoms with E-state index in [1.54, 1.807) is 6.92 Å². The van der Waals surface area contributed by atoms with Crippen LogP contribution in [0.5, 0.6) is 0 Å². The zero-order valence-corrected chi connectivity index (χ0v) is 12.7. The van der Waals surface area contributed by atoms with E-state index in [0.29, 0.717) is 0 Å². The fraction of sp³-hybridized carbons (Fsp3) is 0.412. The van der Waals surface area contributed by atoms with Crippen molar-refractivity contribution in [3.05, 3.63) is 52.8 Å². The van der Waals surface area contributed by atoms with Crippen LogP contribution in [0.25, 0.3) is 0 Å². The molecule has 0 saturated carbocycles. The maximum absolute atomic E-state index is 9.69. The third-order valence-electron chi connectivity index (χ3n) is 4.07. The standard InChI is InChI=1S/C17H20N4O/c1-13(22)17-9-16-12-20(7-4-8-21(16)19-17)11-15-6-3-2-5-14(15)10-18/h2-3,5-6,9,13,22H,4,7-8,11-12H2,1H3/t13-/m0/s1. The highest BCUT2D eigenvalue weighted by Crippen LogP contribution is 2.20. The second-order valence-corrected chi connectivity index (χ2v) is 5.79. The first kappa shape index (κ1) is 14.8. The van der Waals surface area contributed by atoms with Gasteiger partial charge in [0.25, 0.3) is 0 Å². The Bertz CT molecular complexity index is 699. The van der Waals surface area contributed by atoms with E-state index in [1.165, 1.54) is 0 Å². The molecule has 22 heavy (non-hydrogen) atoms. The summed E-state index contributed by atoms with van der Waals surface area (Å²) in [6, 6.07) is 12.0. The van der Waals surface area contributed by atoms with E-state index in [-0.39, 0.29) is 0 Å². The van der Waals surface area contributed by atoms with E-state index in [1.807, 2.05) is 35.0 Å². The lowest BCUT2D eigenvalue weighted by Crippen LogP contribution is -2.23. The lowest BCUT2D eigenvalue weighted by molar-refractivity contribution is 0.193. The molecular formula is C17H20N4O. The molecule has 114 valence electrons. The number of rotatable bonds is 3. The molecule has 0 amide bonds. The number of hydrogen-bond donors (Lipinski definition) is 1. The van der Waals surface area contributed by atoms with Crippen molar-refractivity contribution >= 4 is 0 Å². The summed E-state index contributed by atoms with van der Waals surface area (Å²) in [7, 11) is 0. The van der Waals surface area contributed by atoms with Gasteiger partial charge in [-0.15, -0.1) is 0 Å². The highest BCUT2D eigenvalue weighted by atomic mass is 16.3. The molecule has 0 bridgehead atoms. The molecule has 1 aromatic heterocycles. The highest BCUT2D eigenvalue weighted by Gasteiger charge is 2.18. The SMILES string of the molecule is C[C@H](O)c1cc2n(n1)CCCN(Cc1ccccc1C#N)C2. The van der Waals surface area contributed by atoms with Gasteiger partial charge in [-0.25, -0.2) is 0 Å². The highest BCUT2D eigenvalue weighted by molar-refractivity contribution is 5.37. The summed E-state index contributed by atoms with van der Waals surface area (Å²) in [6.45, 7) is 5.15. The Hall–Kier alpha value is -2.16. The number of benzene rings is 1. The Morgan fingerprint density at radius 3 is 2.95 bits per heavy atom. The molecule has 2 aromatic rings. The van der Waals surface area contributed by atoms with Crippen LogP contribution in [0.15, 0.2) is 30.3 Å². The van der Waals surface area contributed by atoms with E-state index >= 15 is 0 Å². The molecule has 5 heteroatoms. The number of nitriles is 1. The van der Waals surface area contributed by atoms with Gasteiger partial charge in [-0.1, -0.05) is 18.2 Å². The van der Waals surface area contributed by atoms with Crippen molar-refractivity contribution < 1.29 is 5.11 Å². The molecule has 0 radical (unpaired) electrons. The van der Waals surface area contributed by atoms with Crippen LogP contribution in [0.4, 0.5) is 0 Å². The van der Waals surface area contributed by atoms with Crippen molar-refractivity contribution in [1.29, 1.82) is 5.26 Å². The van der Waals surface area contributed by atoms with Crippen LogP contribution in [0, 0.1) is 11.3 Å². The van der Waals surface area contributed by atoms with Crippen LogP contribution in [0.2, 0.25) is 0 Å². The van der Waals surface area contributed by atoms with Gasteiger partial charge in [0.05, 0.1) is 29.1 Å². The lowest BCUT2D eigenvalue weighted by atomic mass is 10.1. The summed E-state index contributed by atoms with van der Waals surface area (Å²) in [5.41, 5.74) is 3.66. The molecule has 1 N–H and O–H groups in total. The van der Waals surface area contributed by atoms with Crippen molar-refractivity contribution in [2.45, 2.75) is 39.1 Å². The fourth-order valence-corrected chi connectivity index (χ4v) is 2.90. The number of aliphatic hydroxyl groups is 1. The summed E-state index contributed by atoms with van der Waals surface area (Å²) in [5.74, 6) is 0. The quantitative estimate of drug-likeness (QED) is 0.943. The molecule has 0 spiro atoms. The van der Waals surface area contributed by atoms with Gasteiger partial charge in [0.15, 0.2) is 0 Å². The zero-order chi connectivity index (χ0) is 15.5. The molecule has 0 unspecified atom stereocenters. The molecule has 1 aromatic carbocycles. The molecule has 5 nitrogen and oxygen atoms in total. The predicted octanol–water partition coefficient (Wildman–Crippen LogP) is 2.21. The Labute approximate surface area is 130 Å². The molecule has 0 saturated heterocycles. The van der Waals surface area contributed by atoms with Crippen molar-refractivity contribution in [2.75, 3.05) is 6.54 Å². The first-order valence-corrected chi connectivity index (χ1v) is 7.62. The summed E-state index contributed by atoms with van der Waals surface area (Å²) in [5, 5.41) is 23.4. The topological polar surface area (TPSA) is 65.1 Å². The van der Waals surface area contributed by atoms with Crippen LogP contribution in [-0.4, -0.2) is 26.3 Å². The summed E-state index contributed by atoms with van der Waals surface area (Å²) < 4.78 is 2.00. The molecule has 2 heterocycles. The van der Waals surface area contributed by atoms with Gasteiger partial charge in [-0.3, -0.25) is 9.58 Å².